The quantitative estimate of drug-likeness (QED) is 0.516. The topological polar surface area (TPSA) is 20.2 Å². The normalized spacial score (nSPS) is 12.1. The van der Waals surface area contributed by atoms with Crippen LogP contribution >= 0.6 is 0 Å². The Morgan fingerprint density at radius 2 is 1.54 bits per heavy atom. The average molecular weight is 343 g/mol. The van der Waals surface area contributed by atoms with Crippen molar-refractivity contribution >= 4 is 18.8 Å². The van der Waals surface area contributed by atoms with E-state index in [9.17, 15) is 9.50 Å². The van der Waals surface area contributed by atoms with Crippen LogP contribution in [-0.4, -0.2) is 13.2 Å². The minimum atomic E-state index is -1.90. The van der Waals surface area contributed by atoms with Crippen LogP contribution in [0.2, 0.25) is 16.6 Å². The lowest BCUT2D eigenvalue weighted by atomic mass is 10.0. The van der Waals surface area contributed by atoms with Gasteiger partial charge in [-0.3, -0.25) is 0 Å². The number of aromatic hydroxyl groups is 1. The van der Waals surface area contributed by atoms with E-state index in [-0.39, 0.29) is 11.6 Å². The average Bonchev–Trinajstić information content (AvgIpc) is 2.46. The van der Waals surface area contributed by atoms with Crippen LogP contribution in [0, 0.1) is 17.3 Å². The zero-order valence-corrected chi connectivity index (χ0v) is 16.4. The number of halogens is 1. The summed E-state index contributed by atoms with van der Waals surface area (Å²) in [5.74, 6) is 3.10. The summed E-state index contributed by atoms with van der Waals surface area (Å²) in [6, 6.07) is 8.04. The van der Waals surface area contributed by atoms with Gasteiger partial charge in [0.15, 0.2) is 0 Å². The van der Waals surface area contributed by atoms with Crippen molar-refractivity contribution in [1.82, 2.24) is 0 Å². The molecule has 24 heavy (non-hydrogen) atoms. The standard InChI is InChI=1S/C21H27FOSi/c1-14(2)24(15(3)4,16(5)6)11-10-18-13-19(22)12-17-8-7-9-20(23)21(17)18/h7-9,12-16,23H,1-6H3. The van der Waals surface area contributed by atoms with Gasteiger partial charge in [0.1, 0.15) is 19.6 Å². The summed E-state index contributed by atoms with van der Waals surface area (Å²) >= 11 is 0. The number of phenolic OH excluding ortho intramolecular Hbond substituents is 1. The van der Waals surface area contributed by atoms with Gasteiger partial charge >= 0.3 is 0 Å². The summed E-state index contributed by atoms with van der Waals surface area (Å²) < 4.78 is 14.0. The molecule has 3 heteroatoms. The van der Waals surface area contributed by atoms with Crippen LogP contribution in [0.3, 0.4) is 0 Å². The van der Waals surface area contributed by atoms with Gasteiger partial charge in [0.2, 0.25) is 0 Å². The summed E-state index contributed by atoms with van der Waals surface area (Å²) in [7, 11) is -1.90. The van der Waals surface area contributed by atoms with Crippen molar-refractivity contribution in [2.24, 2.45) is 0 Å². The number of benzene rings is 2. The molecule has 2 aromatic rings. The SMILES string of the molecule is CC(C)[Si](C#Cc1cc(F)cc2cccc(O)c12)(C(C)C)C(C)C. The van der Waals surface area contributed by atoms with E-state index >= 15 is 0 Å². The summed E-state index contributed by atoms with van der Waals surface area (Å²) in [5, 5.41) is 11.6. The first-order valence-electron chi connectivity index (χ1n) is 8.64. The predicted octanol–water partition coefficient (Wildman–Crippen LogP) is 6.25. The Bertz CT molecular complexity index is 775. The largest absolute Gasteiger partial charge is 0.507 e. The molecule has 1 nitrogen and oxygen atoms in total. The van der Waals surface area contributed by atoms with Crippen molar-refractivity contribution in [2.75, 3.05) is 0 Å². The highest BCUT2D eigenvalue weighted by Gasteiger charge is 2.41. The number of rotatable bonds is 3. The number of hydrogen-bond donors (Lipinski definition) is 1. The molecule has 0 amide bonds. The second kappa shape index (κ2) is 6.99. The molecular weight excluding hydrogens is 315 g/mol. The van der Waals surface area contributed by atoms with Gasteiger partial charge in [0.05, 0.1) is 0 Å². The fourth-order valence-corrected chi connectivity index (χ4v) is 9.30. The Hall–Kier alpha value is -1.79. The molecule has 128 valence electrons. The molecule has 0 bridgehead atoms. The second-order valence-electron chi connectivity index (χ2n) is 7.48. The Labute approximate surface area is 145 Å². The summed E-state index contributed by atoms with van der Waals surface area (Å²) in [6.07, 6.45) is 0. The molecule has 2 rings (SSSR count). The molecular formula is C21H27FOSi. The van der Waals surface area contributed by atoms with Crippen molar-refractivity contribution in [3.63, 3.8) is 0 Å². The van der Waals surface area contributed by atoms with Gasteiger partial charge in [-0.2, -0.15) is 0 Å². The molecule has 0 saturated carbocycles. The predicted molar refractivity (Wildman–Crippen MR) is 103 cm³/mol. The van der Waals surface area contributed by atoms with Gasteiger partial charge in [0, 0.05) is 10.9 Å². The Balaban J connectivity index is 2.71. The molecule has 0 saturated heterocycles. The molecule has 0 atom stereocenters. The molecule has 0 fully saturated rings. The van der Waals surface area contributed by atoms with Crippen molar-refractivity contribution in [1.29, 1.82) is 0 Å². The molecule has 0 aromatic heterocycles. The van der Waals surface area contributed by atoms with E-state index in [1.165, 1.54) is 12.1 Å². The third-order valence-electron chi connectivity index (χ3n) is 5.20. The van der Waals surface area contributed by atoms with E-state index in [1.807, 2.05) is 0 Å². The van der Waals surface area contributed by atoms with E-state index in [2.05, 4.69) is 53.0 Å². The fraction of sp³-hybridized carbons (Fsp3) is 0.429. The lowest BCUT2D eigenvalue weighted by Crippen LogP contribution is -2.43. The van der Waals surface area contributed by atoms with Gasteiger partial charge in [-0.05, 0) is 40.2 Å². The third-order valence-corrected chi connectivity index (χ3v) is 11.5. The minimum absolute atomic E-state index is 0.155. The van der Waals surface area contributed by atoms with Gasteiger partial charge in [-0.15, -0.1) is 5.54 Å². The highest BCUT2D eigenvalue weighted by molar-refractivity contribution is 6.90. The van der Waals surface area contributed by atoms with Crippen LogP contribution < -0.4 is 0 Å². The van der Waals surface area contributed by atoms with E-state index in [1.54, 1.807) is 18.2 Å². The van der Waals surface area contributed by atoms with Crippen LogP contribution in [0.4, 0.5) is 4.39 Å². The van der Waals surface area contributed by atoms with Crippen molar-refractivity contribution in [2.45, 2.75) is 58.2 Å². The van der Waals surface area contributed by atoms with E-state index < -0.39 is 8.07 Å². The lowest BCUT2D eigenvalue weighted by molar-refractivity contribution is 0.481. The fourth-order valence-electron chi connectivity index (χ4n) is 4.08. The number of phenols is 1. The van der Waals surface area contributed by atoms with Gasteiger partial charge in [-0.1, -0.05) is 59.6 Å². The molecule has 2 aromatic carbocycles. The second-order valence-corrected chi connectivity index (χ2v) is 13.1. The molecule has 0 radical (unpaired) electrons. The Morgan fingerprint density at radius 1 is 0.958 bits per heavy atom. The van der Waals surface area contributed by atoms with E-state index in [4.69, 9.17) is 0 Å². The molecule has 0 aliphatic carbocycles. The third kappa shape index (κ3) is 3.21. The Morgan fingerprint density at radius 3 is 2.08 bits per heavy atom. The maximum atomic E-state index is 14.0. The van der Waals surface area contributed by atoms with E-state index in [0.717, 1.165) is 0 Å². The van der Waals surface area contributed by atoms with Crippen molar-refractivity contribution in [3.05, 3.63) is 41.7 Å². The molecule has 0 heterocycles. The van der Waals surface area contributed by atoms with Crippen LogP contribution in [0.5, 0.6) is 5.75 Å². The zero-order valence-electron chi connectivity index (χ0n) is 15.4. The van der Waals surface area contributed by atoms with Crippen LogP contribution in [0.1, 0.15) is 47.1 Å². The van der Waals surface area contributed by atoms with Crippen molar-refractivity contribution < 1.29 is 9.50 Å². The number of hydrogen-bond acceptors (Lipinski definition) is 1. The summed E-state index contributed by atoms with van der Waals surface area (Å²) in [6.45, 7) is 13.5. The lowest BCUT2D eigenvalue weighted by Gasteiger charge is -2.38. The smallest absolute Gasteiger partial charge is 0.146 e. The highest BCUT2D eigenvalue weighted by atomic mass is 28.3. The molecule has 1 N–H and O–H groups in total. The molecule has 0 aliphatic rings. The first kappa shape index (κ1) is 18.5. The minimum Gasteiger partial charge on any atom is -0.507 e. The molecule has 0 spiro atoms. The van der Waals surface area contributed by atoms with Crippen LogP contribution in [0.15, 0.2) is 30.3 Å². The Kier molecular flexibility index (Phi) is 5.40. The molecule has 0 aliphatic heterocycles. The van der Waals surface area contributed by atoms with E-state index in [0.29, 0.717) is 33.0 Å². The molecule has 0 unspecified atom stereocenters. The summed E-state index contributed by atoms with van der Waals surface area (Å²) in [4.78, 5) is 0. The summed E-state index contributed by atoms with van der Waals surface area (Å²) in [5.41, 5.74) is 5.73. The van der Waals surface area contributed by atoms with Crippen LogP contribution in [-0.2, 0) is 0 Å². The van der Waals surface area contributed by atoms with Crippen LogP contribution in [0.25, 0.3) is 10.8 Å². The van der Waals surface area contributed by atoms with Gasteiger partial charge in [0.25, 0.3) is 0 Å². The van der Waals surface area contributed by atoms with Gasteiger partial charge < -0.3 is 5.11 Å². The zero-order chi connectivity index (χ0) is 18.1. The first-order chi connectivity index (χ1) is 11.2. The monoisotopic (exact) mass is 342 g/mol. The van der Waals surface area contributed by atoms with Gasteiger partial charge in [-0.25, -0.2) is 4.39 Å². The number of fused-ring (bicyclic) bond motifs is 1. The first-order valence-corrected chi connectivity index (χ1v) is 10.9. The van der Waals surface area contributed by atoms with Crippen molar-refractivity contribution in [3.8, 4) is 17.2 Å². The highest BCUT2D eigenvalue weighted by Crippen LogP contribution is 2.41. The maximum absolute atomic E-state index is 14.0. The maximum Gasteiger partial charge on any atom is 0.146 e.